The van der Waals surface area contributed by atoms with E-state index < -0.39 is 6.03 Å². The summed E-state index contributed by atoms with van der Waals surface area (Å²) in [6.45, 7) is 2.02. The summed E-state index contributed by atoms with van der Waals surface area (Å²) in [6.07, 6.45) is 2.44. The van der Waals surface area contributed by atoms with Gasteiger partial charge in [-0.1, -0.05) is 30.3 Å². The number of primary amides is 1. The molecule has 18 heavy (non-hydrogen) atoms. The molecule has 0 aliphatic heterocycles. The summed E-state index contributed by atoms with van der Waals surface area (Å²) in [7, 11) is 0. The molecule has 0 saturated heterocycles. The molecule has 2 amide bonds. The zero-order valence-corrected chi connectivity index (χ0v) is 10.0. The molecule has 2 rings (SSSR count). The van der Waals surface area contributed by atoms with Crippen LogP contribution in [0.2, 0.25) is 0 Å². The highest BCUT2D eigenvalue weighted by Gasteiger charge is 2.20. The van der Waals surface area contributed by atoms with Gasteiger partial charge in [-0.2, -0.15) is 0 Å². The molecular weight excluding hydrogens is 232 g/mol. The Kier molecular flexibility index (Phi) is 3.57. The third kappa shape index (κ3) is 3.07. The number of anilines is 1. The summed E-state index contributed by atoms with van der Waals surface area (Å²) in [5.41, 5.74) is 6.20. The summed E-state index contributed by atoms with van der Waals surface area (Å²) >= 11 is 0. The second-order valence-corrected chi connectivity index (χ2v) is 4.07. The highest BCUT2D eigenvalue weighted by atomic mass is 16.5. The molecule has 0 aliphatic rings. The average Bonchev–Trinajstić information content (AvgIpc) is 2.78. The largest absolute Gasteiger partial charge is 0.351 e. The maximum Gasteiger partial charge on any atom is 0.319 e. The Hall–Kier alpha value is -2.37. The van der Waals surface area contributed by atoms with Crippen LogP contribution in [0.25, 0.3) is 0 Å². The number of amides is 2. The Morgan fingerprint density at radius 2 is 2.22 bits per heavy atom. The minimum absolute atomic E-state index is 0.125. The van der Waals surface area contributed by atoms with E-state index in [9.17, 15) is 4.79 Å². The van der Waals surface area contributed by atoms with Gasteiger partial charge in [0.1, 0.15) is 0 Å². The molecule has 0 aliphatic carbocycles. The summed E-state index contributed by atoms with van der Waals surface area (Å²) in [6, 6.07) is 9.53. The zero-order chi connectivity index (χ0) is 13.0. The van der Waals surface area contributed by atoms with Gasteiger partial charge in [0, 0.05) is 13.3 Å². The maximum atomic E-state index is 10.7. The van der Waals surface area contributed by atoms with E-state index >= 15 is 0 Å². The van der Waals surface area contributed by atoms with Crippen LogP contribution in [0.5, 0.6) is 0 Å². The molecule has 0 bridgehead atoms. The molecule has 2 aromatic rings. The molecule has 0 fully saturated rings. The van der Waals surface area contributed by atoms with Crippen molar-refractivity contribution in [3.8, 4) is 0 Å². The molecule has 1 atom stereocenters. The molecule has 0 spiro atoms. The van der Waals surface area contributed by atoms with E-state index in [1.807, 2.05) is 25.1 Å². The molecule has 0 radical (unpaired) electrons. The van der Waals surface area contributed by atoms with Crippen molar-refractivity contribution < 1.29 is 14.0 Å². The van der Waals surface area contributed by atoms with Crippen molar-refractivity contribution in [3.05, 3.63) is 42.1 Å². The first-order chi connectivity index (χ1) is 8.65. The normalized spacial score (nSPS) is 12.1. The fourth-order valence-electron chi connectivity index (χ4n) is 1.69. The van der Waals surface area contributed by atoms with E-state index in [0.29, 0.717) is 0 Å². The Balaban J connectivity index is 2.03. The summed E-state index contributed by atoms with van der Waals surface area (Å²) in [5, 5.41) is 6.17. The lowest BCUT2D eigenvalue weighted by Crippen LogP contribution is -2.40. The van der Waals surface area contributed by atoms with Gasteiger partial charge in [-0.05, 0) is 10.2 Å². The van der Waals surface area contributed by atoms with E-state index in [1.165, 1.54) is 5.56 Å². The summed E-state index contributed by atoms with van der Waals surface area (Å²) in [5.74, 6) is 0.238. The van der Waals surface area contributed by atoms with Crippen molar-refractivity contribution in [1.82, 2.24) is 5.27 Å². The highest BCUT2D eigenvalue weighted by molar-refractivity contribution is 5.85. The second kappa shape index (κ2) is 5.31. The van der Waals surface area contributed by atoms with Crippen LogP contribution in [-0.2, 0) is 6.42 Å². The zero-order valence-electron chi connectivity index (χ0n) is 10.0. The monoisotopic (exact) mass is 247 g/mol. The number of rotatable bonds is 4. The number of aromatic nitrogens is 2. The fraction of sp³-hybridized carbons (Fsp3) is 0.250. The Morgan fingerprint density at radius 3 is 2.89 bits per heavy atom. The van der Waals surface area contributed by atoms with Crippen LogP contribution in [0.15, 0.2) is 41.1 Å². The highest BCUT2D eigenvalue weighted by Crippen LogP contribution is 2.09. The van der Waals surface area contributed by atoms with Gasteiger partial charge in [0.05, 0.1) is 0 Å². The molecule has 0 saturated carbocycles. The van der Waals surface area contributed by atoms with Gasteiger partial charge in [-0.15, -0.1) is 0 Å². The number of nitrogens with zero attached hydrogens (tertiary/aromatic N) is 2. The molecule has 6 heteroatoms. The number of hydrogen-bond donors (Lipinski definition) is 2. The van der Waals surface area contributed by atoms with E-state index in [-0.39, 0.29) is 11.9 Å². The van der Waals surface area contributed by atoms with Crippen molar-refractivity contribution in [1.29, 1.82) is 0 Å². The Labute approximate surface area is 104 Å². The SMILES string of the molecule is C[C@@H](Cc1ccccc1)[n+]1cc(NC(N)=O)on1. The minimum Gasteiger partial charge on any atom is -0.351 e. The second-order valence-electron chi connectivity index (χ2n) is 4.07. The predicted octanol–water partition coefficient (Wildman–Crippen LogP) is 1.26. The van der Waals surface area contributed by atoms with Gasteiger partial charge in [0.15, 0.2) is 6.04 Å². The van der Waals surface area contributed by atoms with E-state index in [4.69, 9.17) is 10.3 Å². The topological polar surface area (TPSA) is 85.0 Å². The number of urea groups is 1. The van der Waals surface area contributed by atoms with Gasteiger partial charge >= 0.3 is 11.9 Å². The van der Waals surface area contributed by atoms with Gasteiger partial charge in [-0.3, -0.25) is 9.84 Å². The Morgan fingerprint density at radius 1 is 1.50 bits per heavy atom. The molecule has 3 N–H and O–H groups in total. The maximum absolute atomic E-state index is 10.7. The molecular formula is C12H15N4O2+. The van der Waals surface area contributed by atoms with Crippen molar-refractivity contribution >= 4 is 11.9 Å². The first-order valence-electron chi connectivity index (χ1n) is 5.63. The smallest absolute Gasteiger partial charge is 0.319 e. The molecule has 1 heterocycles. The van der Waals surface area contributed by atoms with E-state index in [2.05, 4.69) is 22.7 Å². The van der Waals surface area contributed by atoms with Crippen LogP contribution in [-0.4, -0.2) is 11.3 Å². The molecule has 0 unspecified atom stereocenters. The molecule has 6 nitrogen and oxygen atoms in total. The number of nitrogens with one attached hydrogen (secondary N) is 1. The summed E-state index contributed by atoms with van der Waals surface area (Å²) < 4.78 is 6.59. The molecule has 94 valence electrons. The summed E-state index contributed by atoms with van der Waals surface area (Å²) in [4.78, 5) is 10.7. The third-order valence-electron chi connectivity index (χ3n) is 2.55. The first-order valence-corrected chi connectivity index (χ1v) is 5.63. The van der Waals surface area contributed by atoms with Crippen molar-refractivity contribution in [2.75, 3.05) is 5.32 Å². The fourth-order valence-corrected chi connectivity index (χ4v) is 1.69. The number of hydrogen-bond acceptors (Lipinski definition) is 3. The van der Waals surface area contributed by atoms with Gasteiger partial charge in [0.25, 0.3) is 6.20 Å². The number of nitrogens with two attached hydrogens (primary N) is 1. The van der Waals surface area contributed by atoms with Gasteiger partial charge in [0.2, 0.25) is 5.27 Å². The quantitative estimate of drug-likeness (QED) is 0.797. The van der Waals surface area contributed by atoms with Crippen LogP contribution in [0, 0.1) is 0 Å². The van der Waals surface area contributed by atoms with Crippen LogP contribution in [0.3, 0.4) is 0 Å². The first kappa shape index (κ1) is 12.1. The average molecular weight is 247 g/mol. The van der Waals surface area contributed by atoms with Gasteiger partial charge in [-0.25, -0.2) is 4.79 Å². The van der Waals surface area contributed by atoms with Crippen LogP contribution in [0.4, 0.5) is 10.7 Å². The van der Waals surface area contributed by atoms with Crippen LogP contribution >= 0.6 is 0 Å². The van der Waals surface area contributed by atoms with E-state index in [0.717, 1.165) is 6.42 Å². The van der Waals surface area contributed by atoms with E-state index in [1.54, 1.807) is 10.9 Å². The minimum atomic E-state index is -0.672. The lowest BCUT2D eigenvalue weighted by Gasteiger charge is -2.01. The standard InChI is InChI=1S/C12H14N4O2/c1-9(7-10-5-3-2-4-6-10)16-8-11(18-15-16)14-12(13)17/h2-6,8-9H,7H2,1H3,(H2-,13,14,15,17)/p+1/t9-/m0/s1. The molecule has 1 aromatic heterocycles. The number of carbonyl (C=O) groups excluding carboxylic acids is 1. The van der Waals surface area contributed by atoms with Crippen LogP contribution in [0.1, 0.15) is 18.5 Å². The van der Waals surface area contributed by atoms with Crippen molar-refractivity contribution in [2.45, 2.75) is 19.4 Å². The molecule has 1 aromatic carbocycles. The lowest BCUT2D eigenvalue weighted by atomic mass is 10.1. The number of carbonyl (C=O) groups is 1. The lowest BCUT2D eigenvalue weighted by molar-refractivity contribution is -0.782. The number of benzene rings is 1. The Bertz CT molecular complexity index is 524. The van der Waals surface area contributed by atoms with Crippen molar-refractivity contribution in [2.24, 2.45) is 5.73 Å². The van der Waals surface area contributed by atoms with Gasteiger partial charge < -0.3 is 5.73 Å². The predicted molar refractivity (Wildman–Crippen MR) is 64.8 cm³/mol. The van der Waals surface area contributed by atoms with Crippen LogP contribution < -0.4 is 15.7 Å². The van der Waals surface area contributed by atoms with Crippen molar-refractivity contribution in [3.63, 3.8) is 0 Å². The third-order valence-corrected chi connectivity index (χ3v) is 2.55.